The molecule has 2 unspecified atom stereocenters. The Bertz CT molecular complexity index is 1600. The van der Waals surface area contributed by atoms with Gasteiger partial charge in [-0.1, -0.05) is 65.9 Å². The molecule has 0 radical (unpaired) electrons. The van der Waals surface area contributed by atoms with Crippen molar-refractivity contribution in [1.29, 1.82) is 0 Å². The Morgan fingerprint density at radius 2 is 1.62 bits per heavy atom. The zero-order valence-corrected chi connectivity index (χ0v) is 26.9. The second-order valence-corrected chi connectivity index (χ2v) is 13.3. The van der Waals surface area contributed by atoms with Crippen molar-refractivity contribution in [3.05, 3.63) is 113 Å². The SMILES string of the molecule is CC(=O)N1CCN(C(=O)c2cccc(CSc3cnc(NC(=O)c4ccc(CNC(C)C(O)c5ccccc5)cc4)s3)c2)CC1. The van der Waals surface area contributed by atoms with Gasteiger partial charge in [0.15, 0.2) is 5.13 Å². The fourth-order valence-corrected chi connectivity index (χ4v) is 6.82. The van der Waals surface area contributed by atoms with Crippen LogP contribution in [-0.2, 0) is 17.1 Å². The van der Waals surface area contributed by atoms with Gasteiger partial charge in [0.25, 0.3) is 11.8 Å². The van der Waals surface area contributed by atoms with Crippen LogP contribution in [0.15, 0.2) is 89.3 Å². The predicted octanol–water partition coefficient (Wildman–Crippen LogP) is 5.20. The summed E-state index contributed by atoms with van der Waals surface area (Å²) in [6.07, 6.45) is 1.13. The third-order valence-corrected chi connectivity index (χ3v) is 9.91. The molecule has 3 aromatic carbocycles. The molecule has 0 saturated carbocycles. The minimum atomic E-state index is -0.612. The Morgan fingerprint density at radius 3 is 2.33 bits per heavy atom. The highest BCUT2D eigenvalue weighted by molar-refractivity contribution is 8.00. The summed E-state index contributed by atoms with van der Waals surface area (Å²) >= 11 is 3.00. The van der Waals surface area contributed by atoms with E-state index in [1.165, 1.54) is 11.3 Å². The highest BCUT2D eigenvalue weighted by atomic mass is 32.2. The van der Waals surface area contributed by atoms with Crippen LogP contribution >= 0.6 is 23.1 Å². The van der Waals surface area contributed by atoms with E-state index in [1.807, 2.05) is 73.7 Å². The Kier molecular flexibility index (Phi) is 11.0. The van der Waals surface area contributed by atoms with E-state index in [-0.39, 0.29) is 23.8 Å². The van der Waals surface area contributed by atoms with Gasteiger partial charge in [-0.15, -0.1) is 11.8 Å². The first kappa shape index (κ1) is 32.4. The van der Waals surface area contributed by atoms with E-state index in [0.29, 0.717) is 54.7 Å². The Hall–Kier alpha value is -4.03. The van der Waals surface area contributed by atoms with Gasteiger partial charge in [0.2, 0.25) is 5.91 Å². The molecule has 4 aromatic rings. The zero-order chi connectivity index (χ0) is 31.8. The van der Waals surface area contributed by atoms with E-state index in [2.05, 4.69) is 15.6 Å². The van der Waals surface area contributed by atoms with Crippen molar-refractivity contribution < 1.29 is 19.5 Å². The molecule has 1 aliphatic heterocycles. The van der Waals surface area contributed by atoms with E-state index in [9.17, 15) is 19.5 Å². The minimum Gasteiger partial charge on any atom is -0.387 e. The summed E-state index contributed by atoms with van der Waals surface area (Å²) in [5.74, 6) is 0.444. The van der Waals surface area contributed by atoms with Crippen LogP contribution in [0.5, 0.6) is 0 Å². The van der Waals surface area contributed by atoms with Crippen LogP contribution in [0, 0.1) is 0 Å². The molecule has 3 amide bonds. The quantitative estimate of drug-likeness (QED) is 0.193. The standard InChI is InChI=1S/C34H37N5O4S2/c1-23(31(41)27-8-4-3-5-9-27)35-20-25-11-13-28(14-12-25)32(42)37-34-36-21-30(45-34)44-22-26-7-6-10-29(19-26)33(43)39-17-15-38(16-18-39)24(2)40/h3-14,19,21,23,31,35,41H,15-18,20,22H2,1-2H3,(H,36,37,42). The molecule has 1 saturated heterocycles. The number of aromatic nitrogens is 1. The number of hydrogen-bond donors (Lipinski definition) is 3. The van der Waals surface area contributed by atoms with E-state index in [4.69, 9.17) is 0 Å². The molecule has 11 heteroatoms. The molecule has 5 rings (SSSR count). The maximum absolute atomic E-state index is 13.0. The number of nitrogens with one attached hydrogen (secondary N) is 2. The van der Waals surface area contributed by atoms with Gasteiger partial charge < -0.3 is 20.2 Å². The number of aliphatic hydroxyl groups is 1. The van der Waals surface area contributed by atoms with Gasteiger partial charge in [-0.2, -0.15) is 0 Å². The maximum Gasteiger partial charge on any atom is 0.257 e. The summed E-state index contributed by atoms with van der Waals surface area (Å²) < 4.78 is 0.954. The molecule has 234 valence electrons. The maximum atomic E-state index is 13.0. The van der Waals surface area contributed by atoms with Gasteiger partial charge in [-0.3, -0.25) is 19.7 Å². The lowest BCUT2D eigenvalue weighted by molar-refractivity contribution is -0.130. The molecule has 0 aliphatic carbocycles. The van der Waals surface area contributed by atoms with Gasteiger partial charge in [-0.25, -0.2) is 4.98 Å². The lowest BCUT2D eigenvalue weighted by Gasteiger charge is -2.34. The smallest absolute Gasteiger partial charge is 0.257 e. The number of thiazole rings is 1. The molecule has 2 heterocycles. The number of hydrogen-bond acceptors (Lipinski definition) is 8. The molecule has 1 aromatic heterocycles. The van der Waals surface area contributed by atoms with Gasteiger partial charge in [-0.05, 0) is 47.9 Å². The summed E-state index contributed by atoms with van der Waals surface area (Å²) in [5.41, 5.74) is 4.07. The van der Waals surface area contributed by atoms with E-state index < -0.39 is 6.10 Å². The third-order valence-electron chi connectivity index (χ3n) is 7.73. The van der Waals surface area contributed by atoms with Crippen LogP contribution < -0.4 is 10.6 Å². The van der Waals surface area contributed by atoms with Crippen LogP contribution in [0.2, 0.25) is 0 Å². The summed E-state index contributed by atoms with van der Waals surface area (Å²) in [7, 11) is 0. The number of amides is 3. The summed E-state index contributed by atoms with van der Waals surface area (Å²) in [6.45, 7) is 6.25. The zero-order valence-electron chi connectivity index (χ0n) is 25.3. The molecule has 3 N–H and O–H groups in total. The first-order chi connectivity index (χ1) is 21.8. The molecule has 1 fully saturated rings. The van der Waals surface area contributed by atoms with Crippen molar-refractivity contribution in [3.8, 4) is 0 Å². The van der Waals surface area contributed by atoms with Gasteiger partial charge in [0.1, 0.15) is 0 Å². The van der Waals surface area contributed by atoms with Crippen LogP contribution in [0.4, 0.5) is 5.13 Å². The topological polar surface area (TPSA) is 115 Å². The number of thioether (sulfide) groups is 1. The predicted molar refractivity (Wildman–Crippen MR) is 178 cm³/mol. The Morgan fingerprint density at radius 1 is 0.911 bits per heavy atom. The average Bonchev–Trinajstić information content (AvgIpc) is 3.53. The monoisotopic (exact) mass is 643 g/mol. The molecule has 0 spiro atoms. The molecular weight excluding hydrogens is 607 g/mol. The van der Waals surface area contributed by atoms with E-state index in [1.54, 1.807) is 46.8 Å². The van der Waals surface area contributed by atoms with Crippen molar-refractivity contribution in [2.75, 3.05) is 31.5 Å². The van der Waals surface area contributed by atoms with Crippen molar-refractivity contribution in [2.24, 2.45) is 0 Å². The lowest BCUT2D eigenvalue weighted by Crippen LogP contribution is -2.50. The number of nitrogens with zero attached hydrogens (tertiary/aromatic N) is 3. The van der Waals surface area contributed by atoms with Crippen LogP contribution in [0.3, 0.4) is 0 Å². The van der Waals surface area contributed by atoms with Crippen LogP contribution in [0.25, 0.3) is 0 Å². The largest absolute Gasteiger partial charge is 0.387 e. The number of piperazine rings is 1. The first-order valence-electron chi connectivity index (χ1n) is 14.9. The second kappa shape index (κ2) is 15.3. The molecule has 9 nitrogen and oxygen atoms in total. The average molecular weight is 644 g/mol. The fraction of sp³-hybridized carbons (Fsp3) is 0.294. The fourth-order valence-electron chi connectivity index (χ4n) is 5.01. The highest BCUT2D eigenvalue weighted by Gasteiger charge is 2.23. The van der Waals surface area contributed by atoms with Crippen LogP contribution in [-0.4, -0.2) is 69.8 Å². The van der Waals surface area contributed by atoms with E-state index in [0.717, 1.165) is 20.9 Å². The molecule has 45 heavy (non-hydrogen) atoms. The van der Waals surface area contributed by atoms with Gasteiger partial charge >= 0.3 is 0 Å². The Balaban J connectivity index is 1.08. The summed E-state index contributed by atoms with van der Waals surface area (Å²) in [6, 6.07) is 24.4. The van der Waals surface area contributed by atoms with Crippen molar-refractivity contribution >= 4 is 46.0 Å². The molecule has 2 atom stereocenters. The summed E-state index contributed by atoms with van der Waals surface area (Å²) in [5, 5.41) is 17.3. The highest BCUT2D eigenvalue weighted by Crippen LogP contribution is 2.31. The van der Waals surface area contributed by atoms with Crippen molar-refractivity contribution in [2.45, 2.75) is 42.5 Å². The minimum absolute atomic E-state index is 0.0199. The molecular formula is C34H37N5O4S2. The normalized spacial score (nSPS) is 14.6. The van der Waals surface area contributed by atoms with Gasteiger partial charge in [0, 0.05) is 62.6 Å². The third kappa shape index (κ3) is 8.79. The second-order valence-electron chi connectivity index (χ2n) is 10.9. The van der Waals surface area contributed by atoms with E-state index >= 15 is 0 Å². The number of aliphatic hydroxyl groups excluding tert-OH is 1. The number of anilines is 1. The molecule has 1 aliphatic rings. The number of carbonyl (C=O) groups is 3. The van der Waals surface area contributed by atoms with Crippen LogP contribution in [0.1, 0.15) is 57.4 Å². The van der Waals surface area contributed by atoms with Crippen molar-refractivity contribution in [1.82, 2.24) is 20.1 Å². The number of carbonyl (C=O) groups excluding carboxylic acids is 3. The summed E-state index contributed by atoms with van der Waals surface area (Å²) in [4.78, 5) is 45.4. The number of rotatable bonds is 11. The van der Waals surface area contributed by atoms with Crippen molar-refractivity contribution in [3.63, 3.8) is 0 Å². The first-order valence-corrected chi connectivity index (χ1v) is 16.7. The van der Waals surface area contributed by atoms with Gasteiger partial charge in [0.05, 0.1) is 16.5 Å². The number of benzene rings is 3. The lowest BCUT2D eigenvalue weighted by atomic mass is 10.0. The molecule has 0 bridgehead atoms. The Labute approximate surface area is 271 Å².